The van der Waals surface area contributed by atoms with Gasteiger partial charge >= 0.3 is 0 Å². The second kappa shape index (κ2) is 9.91. The normalized spacial score (nSPS) is 21.9. The molecule has 0 radical (unpaired) electrons. The van der Waals surface area contributed by atoms with Crippen molar-refractivity contribution < 1.29 is 18.7 Å². The van der Waals surface area contributed by atoms with Crippen LogP contribution in [0.4, 0.5) is 4.39 Å². The number of nitrogens with zero attached hydrogens (tertiary/aromatic N) is 3. The van der Waals surface area contributed by atoms with E-state index in [1.807, 2.05) is 36.9 Å². The zero-order valence-electron chi connectivity index (χ0n) is 20.3. The van der Waals surface area contributed by atoms with Gasteiger partial charge in [0.15, 0.2) is 0 Å². The molecule has 3 aromatic rings. The summed E-state index contributed by atoms with van der Waals surface area (Å²) < 4.78 is 27.8. The first-order chi connectivity index (χ1) is 17.0. The predicted octanol–water partition coefficient (Wildman–Crippen LogP) is 5.25. The van der Waals surface area contributed by atoms with Crippen molar-refractivity contribution in [3.63, 3.8) is 0 Å². The molecular formula is C28H32FN3O3. The smallest absolute Gasteiger partial charge is 0.257 e. The SMILES string of the molecule is CCO[C@H]1C[C@@H](c2ccccc2)OC2(CCN(C(=O)c3cnn(-c4ccc(F)cc4)c3C)CC2)C1. The first kappa shape index (κ1) is 23.7. The summed E-state index contributed by atoms with van der Waals surface area (Å²) in [6, 6.07) is 16.5. The van der Waals surface area contributed by atoms with E-state index in [1.54, 1.807) is 23.0 Å². The highest BCUT2D eigenvalue weighted by atomic mass is 19.1. The van der Waals surface area contributed by atoms with Gasteiger partial charge < -0.3 is 14.4 Å². The average Bonchev–Trinajstić information content (AvgIpc) is 3.26. The molecule has 3 heterocycles. The zero-order chi connectivity index (χ0) is 24.4. The fraction of sp³-hybridized carbons (Fsp3) is 0.429. The second-order valence-electron chi connectivity index (χ2n) is 9.54. The Kier molecular flexibility index (Phi) is 6.71. The molecule has 2 atom stereocenters. The third-order valence-electron chi connectivity index (χ3n) is 7.32. The number of carbonyl (C=O) groups is 1. The van der Waals surface area contributed by atoms with Crippen LogP contribution in [-0.4, -0.2) is 52.0 Å². The summed E-state index contributed by atoms with van der Waals surface area (Å²) >= 11 is 0. The van der Waals surface area contributed by atoms with Gasteiger partial charge in [-0.25, -0.2) is 9.07 Å². The fourth-order valence-electron chi connectivity index (χ4n) is 5.44. The molecule has 2 aliphatic heterocycles. The van der Waals surface area contributed by atoms with Crippen LogP contribution in [0, 0.1) is 12.7 Å². The van der Waals surface area contributed by atoms with Crippen molar-refractivity contribution in [1.82, 2.24) is 14.7 Å². The van der Waals surface area contributed by atoms with E-state index in [9.17, 15) is 9.18 Å². The minimum absolute atomic E-state index is 0.0000583. The molecular weight excluding hydrogens is 445 g/mol. The number of hydrogen-bond acceptors (Lipinski definition) is 4. The highest BCUT2D eigenvalue weighted by Crippen LogP contribution is 2.44. The van der Waals surface area contributed by atoms with Gasteiger partial charge in [0.1, 0.15) is 5.82 Å². The molecule has 1 aromatic heterocycles. The van der Waals surface area contributed by atoms with Crippen molar-refractivity contribution in [2.45, 2.75) is 57.3 Å². The van der Waals surface area contributed by atoms with Crippen molar-refractivity contribution >= 4 is 5.91 Å². The van der Waals surface area contributed by atoms with E-state index >= 15 is 0 Å². The molecule has 35 heavy (non-hydrogen) atoms. The predicted molar refractivity (Wildman–Crippen MR) is 131 cm³/mol. The van der Waals surface area contributed by atoms with Crippen molar-refractivity contribution in [3.8, 4) is 5.69 Å². The lowest BCUT2D eigenvalue weighted by molar-refractivity contribution is -0.190. The van der Waals surface area contributed by atoms with Gasteiger partial charge in [-0.2, -0.15) is 5.10 Å². The third kappa shape index (κ3) is 4.88. The fourth-order valence-corrected chi connectivity index (χ4v) is 5.44. The number of amides is 1. The molecule has 0 aliphatic carbocycles. The number of ether oxygens (including phenoxy) is 2. The molecule has 184 valence electrons. The lowest BCUT2D eigenvalue weighted by Gasteiger charge is -2.48. The van der Waals surface area contributed by atoms with Crippen LogP contribution in [0.3, 0.4) is 0 Å². The number of hydrogen-bond donors (Lipinski definition) is 0. The molecule has 0 N–H and O–H groups in total. The minimum Gasteiger partial charge on any atom is -0.378 e. The Morgan fingerprint density at radius 2 is 1.86 bits per heavy atom. The van der Waals surface area contributed by atoms with E-state index in [2.05, 4.69) is 17.2 Å². The van der Waals surface area contributed by atoms with E-state index in [1.165, 1.54) is 17.7 Å². The number of rotatable bonds is 5. The first-order valence-corrected chi connectivity index (χ1v) is 12.4. The monoisotopic (exact) mass is 477 g/mol. The van der Waals surface area contributed by atoms with Crippen LogP contribution in [-0.2, 0) is 9.47 Å². The Morgan fingerprint density at radius 3 is 2.54 bits per heavy atom. The van der Waals surface area contributed by atoms with Gasteiger partial charge in [0.05, 0.1) is 41.0 Å². The van der Waals surface area contributed by atoms with E-state index in [0.717, 1.165) is 37.1 Å². The Morgan fingerprint density at radius 1 is 1.14 bits per heavy atom. The van der Waals surface area contributed by atoms with Crippen LogP contribution in [0.2, 0.25) is 0 Å². The molecule has 0 unspecified atom stereocenters. The van der Waals surface area contributed by atoms with Gasteiger partial charge in [0, 0.05) is 32.5 Å². The van der Waals surface area contributed by atoms with E-state index in [-0.39, 0.29) is 29.5 Å². The summed E-state index contributed by atoms with van der Waals surface area (Å²) in [7, 11) is 0. The van der Waals surface area contributed by atoms with Crippen LogP contribution in [0.15, 0.2) is 60.8 Å². The number of likely N-dealkylation sites (tertiary alicyclic amines) is 1. The molecule has 2 aliphatic rings. The topological polar surface area (TPSA) is 56.6 Å². The Balaban J connectivity index is 1.29. The summed E-state index contributed by atoms with van der Waals surface area (Å²) in [4.78, 5) is 15.3. The van der Waals surface area contributed by atoms with Crippen LogP contribution in [0.1, 0.15) is 60.3 Å². The lowest BCUT2D eigenvalue weighted by Crippen LogP contribution is -2.52. The maximum Gasteiger partial charge on any atom is 0.257 e. The first-order valence-electron chi connectivity index (χ1n) is 12.4. The largest absolute Gasteiger partial charge is 0.378 e. The van der Waals surface area contributed by atoms with Crippen LogP contribution >= 0.6 is 0 Å². The Hall–Kier alpha value is -3.03. The molecule has 0 bridgehead atoms. The van der Waals surface area contributed by atoms with Crippen molar-refractivity contribution in [1.29, 1.82) is 0 Å². The molecule has 0 saturated carbocycles. The summed E-state index contributed by atoms with van der Waals surface area (Å²) in [6.45, 7) is 5.84. The number of halogens is 1. The van der Waals surface area contributed by atoms with Crippen LogP contribution in [0.25, 0.3) is 5.69 Å². The third-order valence-corrected chi connectivity index (χ3v) is 7.32. The van der Waals surface area contributed by atoms with Crippen molar-refractivity contribution in [3.05, 3.63) is 83.4 Å². The highest BCUT2D eigenvalue weighted by molar-refractivity contribution is 5.95. The van der Waals surface area contributed by atoms with Crippen molar-refractivity contribution in [2.24, 2.45) is 0 Å². The van der Waals surface area contributed by atoms with Crippen molar-refractivity contribution in [2.75, 3.05) is 19.7 Å². The summed E-state index contributed by atoms with van der Waals surface area (Å²) in [6.07, 6.45) is 5.02. The maximum absolute atomic E-state index is 13.4. The summed E-state index contributed by atoms with van der Waals surface area (Å²) in [5.41, 5.74) is 2.94. The molecule has 2 aromatic carbocycles. The standard InChI is InChI=1S/C28H32FN3O3/c1-3-34-24-17-26(21-7-5-4-6-8-21)35-28(18-24)13-15-31(16-14-28)27(33)25-19-30-32(20(25)2)23-11-9-22(29)10-12-23/h4-12,19,24,26H,3,13-18H2,1-2H3/t24-,26-/m0/s1. The van der Waals surface area contributed by atoms with Crippen LogP contribution < -0.4 is 0 Å². The number of piperidine rings is 1. The summed E-state index contributed by atoms with van der Waals surface area (Å²) in [5.74, 6) is -0.328. The number of aromatic nitrogens is 2. The number of carbonyl (C=O) groups excluding carboxylic acids is 1. The van der Waals surface area contributed by atoms with Gasteiger partial charge in [-0.1, -0.05) is 30.3 Å². The summed E-state index contributed by atoms with van der Waals surface area (Å²) in [5, 5.41) is 4.39. The van der Waals surface area contributed by atoms with E-state index in [4.69, 9.17) is 9.47 Å². The van der Waals surface area contributed by atoms with Gasteiger partial charge in [0.2, 0.25) is 0 Å². The molecule has 1 amide bonds. The quantitative estimate of drug-likeness (QED) is 0.504. The van der Waals surface area contributed by atoms with Gasteiger partial charge in [-0.3, -0.25) is 4.79 Å². The molecule has 5 rings (SSSR count). The van der Waals surface area contributed by atoms with Crippen LogP contribution in [0.5, 0.6) is 0 Å². The lowest BCUT2D eigenvalue weighted by atomic mass is 9.80. The molecule has 1 spiro atoms. The van der Waals surface area contributed by atoms with Gasteiger partial charge in [-0.15, -0.1) is 0 Å². The zero-order valence-corrected chi connectivity index (χ0v) is 20.3. The maximum atomic E-state index is 13.4. The Labute approximate surface area is 205 Å². The molecule has 2 saturated heterocycles. The molecule has 6 nitrogen and oxygen atoms in total. The number of benzene rings is 2. The molecule has 2 fully saturated rings. The van der Waals surface area contributed by atoms with Gasteiger partial charge in [-0.05, 0) is 56.5 Å². The van der Waals surface area contributed by atoms with E-state index < -0.39 is 0 Å². The molecule has 7 heteroatoms. The minimum atomic E-state index is -0.303. The van der Waals surface area contributed by atoms with Gasteiger partial charge in [0.25, 0.3) is 5.91 Å². The van der Waals surface area contributed by atoms with E-state index in [0.29, 0.717) is 25.3 Å². The highest BCUT2D eigenvalue weighted by Gasteiger charge is 2.45. The average molecular weight is 478 g/mol. The Bertz CT molecular complexity index is 1150. The second-order valence-corrected chi connectivity index (χ2v) is 9.54.